The van der Waals surface area contributed by atoms with Gasteiger partial charge in [0.15, 0.2) is 0 Å². The van der Waals surface area contributed by atoms with E-state index in [1.807, 2.05) is 6.07 Å². The first-order valence-electron chi connectivity index (χ1n) is 7.59. The van der Waals surface area contributed by atoms with Crippen LogP contribution in [0.25, 0.3) is 11.0 Å². The molecule has 2 bridgehead atoms. The Bertz CT molecular complexity index is 817. The summed E-state index contributed by atoms with van der Waals surface area (Å²) in [5.41, 5.74) is -0.198. The van der Waals surface area contributed by atoms with E-state index in [9.17, 15) is 9.59 Å². The number of esters is 1. The van der Waals surface area contributed by atoms with Gasteiger partial charge in [-0.3, -0.25) is 0 Å². The molecule has 0 spiro atoms. The molecule has 1 aromatic heterocycles. The molecule has 0 saturated heterocycles. The minimum Gasteiger partial charge on any atom is -0.462 e. The average Bonchev–Trinajstić information content (AvgIpc) is 3.14. The number of carbonyl (C=O) groups excluding carboxylic acids is 1. The predicted molar refractivity (Wildman–Crippen MR) is 81.6 cm³/mol. The van der Waals surface area contributed by atoms with Crippen molar-refractivity contribution in [2.45, 2.75) is 12.8 Å². The minimum absolute atomic E-state index is 0.0302. The van der Waals surface area contributed by atoms with Gasteiger partial charge in [0.05, 0.1) is 6.61 Å². The first-order chi connectivity index (χ1) is 10.7. The van der Waals surface area contributed by atoms with Crippen LogP contribution >= 0.6 is 0 Å². The van der Waals surface area contributed by atoms with E-state index in [1.165, 1.54) is 6.42 Å². The lowest BCUT2D eigenvalue weighted by Crippen LogP contribution is -2.21. The van der Waals surface area contributed by atoms with Gasteiger partial charge >= 0.3 is 11.6 Å². The molecule has 4 nitrogen and oxygen atoms in total. The first kappa shape index (κ1) is 13.3. The summed E-state index contributed by atoms with van der Waals surface area (Å²) >= 11 is 0. The van der Waals surface area contributed by atoms with Crippen LogP contribution in [-0.4, -0.2) is 12.6 Å². The normalized spacial score (nSPS) is 25.7. The lowest BCUT2D eigenvalue weighted by atomic mass is 9.95. The van der Waals surface area contributed by atoms with Crippen LogP contribution in [0.15, 0.2) is 51.7 Å². The molecule has 2 aromatic rings. The number of allylic oxidation sites excluding steroid dienone is 2. The van der Waals surface area contributed by atoms with Gasteiger partial charge in [-0.25, -0.2) is 9.59 Å². The van der Waals surface area contributed by atoms with E-state index in [2.05, 4.69) is 12.2 Å². The third-order valence-corrected chi connectivity index (χ3v) is 4.71. The van der Waals surface area contributed by atoms with Crippen molar-refractivity contribution in [2.24, 2.45) is 17.8 Å². The number of ether oxygens (including phenoxy) is 1. The monoisotopic (exact) mass is 296 g/mol. The van der Waals surface area contributed by atoms with Crippen LogP contribution in [0, 0.1) is 17.8 Å². The van der Waals surface area contributed by atoms with E-state index in [-0.39, 0.29) is 5.56 Å². The lowest BCUT2D eigenvalue weighted by Gasteiger charge is -2.17. The zero-order chi connectivity index (χ0) is 15.1. The molecule has 4 heteroatoms. The highest BCUT2D eigenvalue weighted by atomic mass is 16.5. The molecule has 1 fully saturated rings. The van der Waals surface area contributed by atoms with E-state index in [0.29, 0.717) is 29.9 Å². The third-order valence-electron chi connectivity index (χ3n) is 4.71. The molecule has 112 valence electrons. The average molecular weight is 296 g/mol. The number of para-hydroxylation sites is 1. The van der Waals surface area contributed by atoms with E-state index in [1.54, 1.807) is 24.3 Å². The van der Waals surface area contributed by atoms with Crippen molar-refractivity contribution in [1.82, 2.24) is 0 Å². The summed E-state index contributed by atoms with van der Waals surface area (Å²) in [6, 6.07) is 8.67. The topological polar surface area (TPSA) is 56.5 Å². The molecule has 0 radical (unpaired) electrons. The summed E-state index contributed by atoms with van der Waals surface area (Å²) in [5, 5.41) is 0.719. The number of rotatable bonds is 3. The van der Waals surface area contributed by atoms with Crippen molar-refractivity contribution in [3.63, 3.8) is 0 Å². The maximum Gasteiger partial charge on any atom is 0.351 e. The molecule has 1 aromatic carbocycles. The molecule has 4 rings (SSSR count). The quantitative estimate of drug-likeness (QED) is 0.496. The molecule has 0 aliphatic heterocycles. The Morgan fingerprint density at radius 2 is 2.09 bits per heavy atom. The molecule has 22 heavy (non-hydrogen) atoms. The highest BCUT2D eigenvalue weighted by molar-refractivity contribution is 5.92. The maximum atomic E-state index is 12.2. The number of hydrogen-bond acceptors (Lipinski definition) is 4. The van der Waals surface area contributed by atoms with Gasteiger partial charge in [-0.05, 0) is 42.7 Å². The summed E-state index contributed by atoms with van der Waals surface area (Å²) < 4.78 is 10.5. The molecule has 1 saturated carbocycles. The van der Waals surface area contributed by atoms with Crippen molar-refractivity contribution < 1.29 is 13.9 Å². The molecular weight excluding hydrogens is 280 g/mol. The Hall–Kier alpha value is -2.36. The standard InChI is InChI=1S/C18H16O4/c19-17(21-10-14-8-11-5-6-12(14)7-11)15-9-13-3-1-2-4-16(13)22-18(15)20/h1-6,9,11-12,14H,7-8,10H2. The van der Waals surface area contributed by atoms with Crippen LogP contribution in [0.3, 0.4) is 0 Å². The first-order valence-corrected chi connectivity index (χ1v) is 7.59. The van der Waals surface area contributed by atoms with Crippen LogP contribution in [0.1, 0.15) is 23.2 Å². The second kappa shape index (κ2) is 5.13. The smallest absolute Gasteiger partial charge is 0.351 e. The largest absolute Gasteiger partial charge is 0.462 e. The van der Waals surface area contributed by atoms with Crippen LogP contribution in [0.5, 0.6) is 0 Å². The van der Waals surface area contributed by atoms with Crippen molar-refractivity contribution in [1.29, 1.82) is 0 Å². The van der Waals surface area contributed by atoms with Crippen LogP contribution in [-0.2, 0) is 4.74 Å². The molecule has 3 atom stereocenters. The summed E-state index contributed by atoms with van der Waals surface area (Å²) in [6.45, 7) is 0.372. The fourth-order valence-corrected chi connectivity index (χ4v) is 3.55. The lowest BCUT2D eigenvalue weighted by molar-refractivity contribution is 0.0416. The molecule has 0 N–H and O–H groups in total. The Balaban J connectivity index is 1.51. The number of benzene rings is 1. The van der Waals surface area contributed by atoms with E-state index >= 15 is 0 Å². The molecular formula is C18H16O4. The molecule has 2 aliphatic carbocycles. The molecule has 2 aliphatic rings. The number of fused-ring (bicyclic) bond motifs is 3. The zero-order valence-corrected chi connectivity index (χ0v) is 12.0. The Kier molecular flexibility index (Phi) is 3.10. The zero-order valence-electron chi connectivity index (χ0n) is 12.0. The molecule has 3 unspecified atom stereocenters. The van der Waals surface area contributed by atoms with Gasteiger partial charge in [-0.15, -0.1) is 0 Å². The molecule has 0 amide bonds. The van der Waals surface area contributed by atoms with Crippen molar-refractivity contribution in [2.75, 3.05) is 6.61 Å². The van der Waals surface area contributed by atoms with Gasteiger partial charge in [0.25, 0.3) is 0 Å². The third kappa shape index (κ3) is 2.25. The van der Waals surface area contributed by atoms with Crippen molar-refractivity contribution in [3.8, 4) is 0 Å². The highest BCUT2D eigenvalue weighted by Crippen LogP contribution is 2.43. The highest BCUT2D eigenvalue weighted by Gasteiger charge is 2.36. The fourth-order valence-electron chi connectivity index (χ4n) is 3.55. The SMILES string of the molecule is O=C(OCC1CC2C=CC1C2)c1cc2ccccc2oc1=O. The number of carbonyl (C=O) groups is 1. The van der Waals surface area contributed by atoms with E-state index in [4.69, 9.17) is 9.15 Å². The Labute approximate surface area is 127 Å². The summed E-state index contributed by atoms with van der Waals surface area (Å²) in [5.74, 6) is 0.947. The van der Waals surface area contributed by atoms with Gasteiger partial charge in [0.1, 0.15) is 11.1 Å². The van der Waals surface area contributed by atoms with Crippen LogP contribution < -0.4 is 5.63 Å². The van der Waals surface area contributed by atoms with Crippen LogP contribution in [0.2, 0.25) is 0 Å². The molecule has 1 heterocycles. The van der Waals surface area contributed by atoms with E-state index in [0.717, 1.165) is 11.8 Å². The Morgan fingerprint density at radius 3 is 2.86 bits per heavy atom. The fraction of sp³-hybridized carbons (Fsp3) is 0.333. The second-order valence-corrected chi connectivity index (χ2v) is 6.12. The van der Waals surface area contributed by atoms with Crippen molar-refractivity contribution in [3.05, 3.63) is 58.5 Å². The maximum absolute atomic E-state index is 12.2. The summed E-state index contributed by atoms with van der Waals surface area (Å²) in [4.78, 5) is 24.1. The van der Waals surface area contributed by atoms with Gasteiger partial charge in [0, 0.05) is 5.39 Å². The van der Waals surface area contributed by atoms with Gasteiger partial charge in [-0.2, -0.15) is 0 Å². The second-order valence-electron chi connectivity index (χ2n) is 6.12. The van der Waals surface area contributed by atoms with Gasteiger partial charge in [0.2, 0.25) is 0 Å². The predicted octanol–water partition coefficient (Wildman–Crippen LogP) is 3.16. The van der Waals surface area contributed by atoms with Gasteiger partial charge in [-0.1, -0.05) is 30.4 Å². The number of hydrogen-bond donors (Lipinski definition) is 0. The summed E-state index contributed by atoms with van der Waals surface area (Å²) in [6.07, 6.45) is 6.71. The minimum atomic E-state index is -0.642. The van der Waals surface area contributed by atoms with Crippen molar-refractivity contribution >= 4 is 16.9 Å². The summed E-state index contributed by atoms with van der Waals surface area (Å²) in [7, 11) is 0. The van der Waals surface area contributed by atoms with Crippen LogP contribution in [0.4, 0.5) is 0 Å². The van der Waals surface area contributed by atoms with Gasteiger partial charge < -0.3 is 9.15 Å². The Morgan fingerprint density at radius 1 is 1.23 bits per heavy atom. The van der Waals surface area contributed by atoms with E-state index < -0.39 is 11.6 Å².